The van der Waals surface area contributed by atoms with Gasteiger partial charge < -0.3 is 0 Å². The Kier molecular flexibility index (Phi) is 3.46. The fraction of sp³-hybridized carbons (Fsp3) is 0.143. The number of hydrogen-bond acceptors (Lipinski definition) is 2. The monoisotopic (exact) mass is 248 g/mol. The zero-order chi connectivity index (χ0) is 13.1. The smallest absolute Gasteiger partial charge is 0.148 e. The first-order valence-corrected chi connectivity index (χ1v) is 5.60. The molecule has 0 unspecified atom stereocenters. The predicted molar refractivity (Wildman–Crippen MR) is 69.5 cm³/mol. The molecule has 2 nitrogen and oxygen atoms in total. The summed E-state index contributed by atoms with van der Waals surface area (Å²) in [4.78, 5) is 0. The van der Waals surface area contributed by atoms with Gasteiger partial charge in [-0.05, 0) is 49.2 Å². The van der Waals surface area contributed by atoms with E-state index in [4.69, 9.17) is 0 Å². The lowest BCUT2D eigenvalue weighted by molar-refractivity contribution is 0.626. The molecule has 0 saturated carbocycles. The molecule has 0 bridgehead atoms. The van der Waals surface area contributed by atoms with E-state index in [1.165, 1.54) is 12.1 Å². The van der Waals surface area contributed by atoms with Gasteiger partial charge in [0.25, 0.3) is 0 Å². The Morgan fingerprint density at radius 2 is 1.11 bits per heavy atom. The maximum atomic E-state index is 13.5. The van der Waals surface area contributed by atoms with Crippen molar-refractivity contribution in [3.63, 3.8) is 0 Å². The molecule has 0 aliphatic heterocycles. The summed E-state index contributed by atoms with van der Waals surface area (Å²) >= 11 is 0. The summed E-state index contributed by atoms with van der Waals surface area (Å²) < 4.78 is 27.0. The quantitative estimate of drug-likeness (QED) is 0.802. The molecule has 2 aromatic carbocycles. The minimum atomic E-state index is -0.380. The summed E-state index contributed by atoms with van der Waals surface area (Å²) in [5.74, 6) is -0.759. The van der Waals surface area contributed by atoms with Crippen molar-refractivity contribution in [1.82, 2.24) is 0 Å². The van der Waals surface area contributed by atoms with Crippen LogP contribution in [0, 0.1) is 25.5 Å². The molecular formula is C14H14F2N2. The lowest BCUT2D eigenvalue weighted by Crippen LogP contribution is -2.11. The number of anilines is 2. The van der Waals surface area contributed by atoms with Crippen molar-refractivity contribution in [3.05, 3.63) is 59.2 Å². The Labute approximate surface area is 105 Å². The van der Waals surface area contributed by atoms with Crippen LogP contribution in [-0.2, 0) is 0 Å². The fourth-order valence-corrected chi connectivity index (χ4v) is 1.58. The van der Waals surface area contributed by atoms with Gasteiger partial charge in [-0.1, -0.05) is 12.1 Å². The number of halogens is 2. The van der Waals surface area contributed by atoms with Gasteiger partial charge >= 0.3 is 0 Å². The van der Waals surface area contributed by atoms with E-state index < -0.39 is 0 Å². The number of hydrazine groups is 1. The first kappa shape index (κ1) is 12.4. The molecule has 94 valence electrons. The number of aryl methyl sites for hydroxylation is 2. The van der Waals surface area contributed by atoms with E-state index in [1.807, 2.05) is 0 Å². The van der Waals surface area contributed by atoms with E-state index in [9.17, 15) is 8.78 Å². The van der Waals surface area contributed by atoms with Crippen molar-refractivity contribution < 1.29 is 8.78 Å². The van der Waals surface area contributed by atoms with Crippen LogP contribution in [0.3, 0.4) is 0 Å². The highest BCUT2D eigenvalue weighted by molar-refractivity contribution is 5.54. The van der Waals surface area contributed by atoms with Crippen LogP contribution in [0.15, 0.2) is 36.4 Å². The lowest BCUT2D eigenvalue weighted by Gasteiger charge is -2.11. The molecule has 0 atom stereocenters. The Morgan fingerprint density at radius 3 is 1.44 bits per heavy atom. The molecule has 0 spiro atoms. The fourth-order valence-electron chi connectivity index (χ4n) is 1.58. The lowest BCUT2D eigenvalue weighted by atomic mass is 10.2. The average molecular weight is 248 g/mol. The van der Waals surface area contributed by atoms with Crippen LogP contribution in [0.25, 0.3) is 0 Å². The number of hydrogen-bond donors (Lipinski definition) is 2. The molecule has 0 heterocycles. The van der Waals surface area contributed by atoms with Gasteiger partial charge in [-0.3, -0.25) is 10.9 Å². The van der Waals surface area contributed by atoms with Gasteiger partial charge in [0.15, 0.2) is 0 Å². The van der Waals surface area contributed by atoms with Gasteiger partial charge in [0.1, 0.15) is 11.6 Å². The largest absolute Gasteiger partial charge is 0.298 e. The molecule has 0 aromatic heterocycles. The van der Waals surface area contributed by atoms with Crippen molar-refractivity contribution in [2.75, 3.05) is 10.9 Å². The van der Waals surface area contributed by atoms with Crippen LogP contribution < -0.4 is 10.9 Å². The van der Waals surface area contributed by atoms with Gasteiger partial charge in [-0.2, -0.15) is 0 Å². The standard InChI is InChI=1S/C14H14F2N2/c1-9-3-5-13(11(15)7-9)17-18-14-6-4-10(2)8-12(14)16/h3-8,17-18H,1-2H3. The van der Waals surface area contributed by atoms with Crippen molar-refractivity contribution >= 4 is 11.4 Å². The zero-order valence-electron chi connectivity index (χ0n) is 10.2. The second-order valence-corrected chi connectivity index (χ2v) is 4.22. The van der Waals surface area contributed by atoms with Crippen LogP contribution in [-0.4, -0.2) is 0 Å². The van der Waals surface area contributed by atoms with E-state index in [-0.39, 0.29) is 23.0 Å². The van der Waals surface area contributed by atoms with Gasteiger partial charge in [0, 0.05) is 0 Å². The van der Waals surface area contributed by atoms with E-state index in [0.29, 0.717) is 0 Å². The van der Waals surface area contributed by atoms with Crippen LogP contribution in [0.2, 0.25) is 0 Å². The second kappa shape index (κ2) is 5.04. The molecule has 2 aromatic rings. The van der Waals surface area contributed by atoms with E-state index in [0.717, 1.165) is 11.1 Å². The minimum absolute atomic E-state index is 0.278. The van der Waals surface area contributed by atoms with Crippen molar-refractivity contribution in [1.29, 1.82) is 0 Å². The minimum Gasteiger partial charge on any atom is -0.298 e. The Hall–Kier alpha value is -2.10. The Balaban J connectivity index is 2.11. The number of rotatable bonds is 3. The van der Waals surface area contributed by atoms with Gasteiger partial charge in [-0.25, -0.2) is 8.78 Å². The van der Waals surface area contributed by atoms with Crippen LogP contribution in [0.5, 0.6) is 0 Å². The van der Waals surface area contributed by atoms with Crippen molar-refractivity contribution in [3.8, 4) is 0 Å². The van der Waals surface area contributed by atoms with Gasteiger partial charge in [0.05, 0.1) is 11.4 Å². The molecular weight excluding hydrogens is 234 g/mol. The van der Waals surface area contributed by atoms with Crippen LogP contribution >= 0.6 is 0 Å². The summed E-state index contributed by atoms with van der Waals surface area (Å²) in [6, 6.07) is 9.58. The van der Waals surface area contributed by atoms with E-state index in [2.05, 4.69) is 10.9 Å². The third kappa shape index (κ3) is 2.77. The first-order valence-electron chi connectivity index (χ1n) is 5.60. The SMILES string of the molecule is Cc1ccc(NNc2ccc(C)cc2F)c(F)c1. The van der Waals surface area contributed by atoms with E-state index in [1.54, 1.807) is 38.1 Å². The topological polar surface area (TPSA) is 24.1 Å². The summed E-state index contributed by atoms with van der Waals surface area (Å²) in [6.45, 7) is 3.61. The highest BCUT2D eigenvalue weighted by atomic mass is 19.1. The molecule has 4 heteroatoms. The molecule has 18 heavy (non-hydrogen) atoms. The van der Waals surface area contributed by atoms with Crippen LogP contribution in [0.4, 0.5) is 20.2 Å². The first-order chi connectivity index (χ1) is 8.56. The van der Waals surface area contributed by atoms with Gasteiger partial charge in [0.2, 0.25) is 0 Å². The van der Waals surface area contributed by atoms with Gasteiger partial charge in [-0.15, -0.1) is 0 Å². The van der Waals surface area contributed by atoms with Crippen molar-refractivity contribution in [2.24, 2.45) is 0 Å². The zero-order valence-corrected chi connectivity index (χ0v) is 10.2. The van der Waals surface area contributed by atoms with E-state index >= 15 is 0 Å². The maximum absolute atomic E-state index is 13.5. The summed E-state index contributed by atoms with van der Waals surface area (Å²) in [5, 5.41) is 0. The predicted octanol–water partition coefficient (Wildman–Crippen LogP) is 4.02. The molecule has 0 radical (unpaired) electrons. The highest BCUT2D eigenvalue weighted by Gasteiger charge is 2.04. The van der Waals surface area contributed by atoms with Crippen LogP contribution in [0.1, 0.15) is 11.1 Å². The summed E-state index contributed by atoms with van der Waals surface area (Å²) in [7, 11) is 0. The molecule has 0 aliphatic carbocycles. The Morgan fingerprint density at radius 1 is 0.722 bits per heavy atom. The highest BCUT2D eigenvalue weighted by Crippen LogP contribution is 2.18. The molecule has 0 saturated heterocycles. The van der Waals surface area contributed by atoms with Crippen molar-refractivity contribution in [2.45, 2.75) is 13.8 Å². The average Bonchev–Trinajstić information content (AvgIpc) is 2.30. The molecule has 2 N–H and O–H groups in total. The summed E-state index contributed by atoms with van der Waals surface area (Å²) in [6.07, 6.45) is 0. The maximum Gasteiger partial charge on any atom is 0.148 e. The number of nitrogens with one attached hydrogen (secondary N) is 2. The molecule has 2 rings (SSSR count). The molecule has 0 fully saturated rings. The third-order valence-corrected chi connectivity index (χ3v) is 2.58. The Bertz CT molecular complexity index is 516. The normalized spacial score (nSPS) is 10.2. The molecule has 0 aliphatic rings. The third-order valence-electron chi connectivity index (χ3n) is 2.58. The molecule has 0 amide bonds. The second-order valence-electron chi connectivity index (χ2n) is 4.22. The number of benzene rings is 2. The summed E-state index contributed by atoms with van der Waals surface area (Å²) in [5.41, 5.74) is 7.53.